The Balaban J connectivity index is 3.34. The van der Waals surface area contributed by atoms with Crippen molar-refractivity contribution in [2.45, 2.75) is 20.8 Å². The molecule has 0 bridgehead atoms. The summed E-state index contributed by atoms with van der Waals surface area (Å²) in [5.74, 6) is 0. The van der Waals surface area contributed by atoms with E-state index in [9.17, 15) is 0 Å². The fourth-order valence-corrected chi connectivity index (χ4v) is 1.40. The van der Waals surface area contributed by atoms with Gasteiger partial charge in [-0.1, -0.05) is 0 Å². The third-order valence-electron chi connectivity index (χ3n) is 1.76. The molecule has 0 N–H and O–H groups in total. The molecule has 0 atom stereocenters. The minimum absolute atomic E-state index is 1.05. The second kappa shape index (κ2) is 2.86. The normalized spacial score (nSPS) is 10.0. The van der Waals surface area contributed by atoms with Gasteiger partial charge in [-0.3, -0.25) is 0 Å². The molecule has 0 amide bonds. The van der Waals surface area contributed by atoms with Gasteiger partial charge in [-0.25, -0.2) is 0 Å². The van der Waals surface area contributed by atoms with Crippen molar-refractivity contribution >= 4 is 26.2 Å². The van der Waals surface area contributed by atoms with Crippen LogP contribution in [0.15, 0.2) is 0 Å². The maximum atomic E-state index is 4.03. The van der Waals surface area contributed by atoms with Crippen LogP contribution < -0.4 is 3.71 Å². The van der Waals surface area contributed by atoms with Gasteiger partial charge in [-0.15, -0.1) is 0 Å². The number of hydrogen-bond acceptors (Lipinski definition) is 2. The molecule has 0 fully saturated rings. The van der Waals surface area contributed by atoms with Gasteiger partial charge in [-0.05, 0) is 0 Å². The van der Waals surface area contributed by atoms with Crippen LogP contribution >= 0.6 is 0 Å². The molecule has 1 aromatic heterocycles. The maximum absolute atomic E-state index is 4.03. The topological polar surface area (TPSA) is 25.8 Å². The van der Waals surface area contributed by atoms with Gasteiger partial charge in [-0.2, -0.15) is 0 Å². The van der Waals surface area contributed by atoms with Crippen molar-refractivity contribution in [1.29, 1.82) is 0 Å². The Morgan fingerprint density at radius 1 is 1.00 bits per heavy atom. The van der Waals surface area contributed by atoms with Crippen molar-refractivity contribution in [3.05, 3.63) is 16.8 Å². The van der Waals surface area contributed by atoms with Gasteiger partial charge in [0, 0.05) is 0 Å². The summed E-state index contributed by atoms with van der Waals surface area (Å²) in [6, 6.07) is 0. The zero-order valence-electron chi connectivity index (χ0n) is 6.39. The molecular formula is C7H9N2Sn. The molecule has 1 rings (SSSR count). The number of rotatable bonds is 0. The molecule has 1 heterocycles. The summed E-state index contributed by atoms with van der Waals surface area (Å²) >= 11 is 1.34. The van der Waals surface area contributed by atoms with Crippen LogP contribution in [0.1, 0.15) is 16.8 Å². The first-order valence-corrected chi connectivity index (χ1v) is 4.57. The van der Waals surface area contributed by atoms with Crippen molar-refractivity contribution in [2.75, 3.05) is 0 Å². The molecule has 0 aliphatic heterocycles. The Morgan fingerprint density at radius 2 is 1.60 bits per heavy atom. The quantitative estimate of drug-likeness (QED) is 0.605. The standard InChI is InChI=1S/C7H9N2.Sn/c1-5-4-8-9-7(3)6(5)2;/h1-3H3;. The van der Waals surface area contributed by atoms with Crippen LogP contribution in [0.5, 0.6) is 0 Å². The van der Waals surface area contributed by atoms with Crippen LogP contribution in [0.4, 0.5) is 0 Å². The predicted molar refractivity (Wildman–Crippen MR) is 41.6 cm³/mol. The van der Waals surface area contributed by atoms with Crippen LogP contribution in [-0.2, 0) is 0 Å². The van der Waals surface area contributed by atoms with Gasteiger partial charge in [0.15, 0.2) is 0 Å². The summed E-state index contributed by atoms with van der Waals surface area (Å²) < 4.78 is 1.12. The zero-order valence-corrected chi connectivity index (χ0v) is 9.25. The molecule has 0 saturated heterocycles. The Labute approximate surface area is 74.1 Å². The molecule has 0 unspecified atom stereocenters. The molecule has 0 aliphatic carbocycles. The average Bonchev–Trinajstić information content (AvgIpc) is 1.93. The first-order chi connectivity index (χ1) is 4.63. The van der Waals surface area contributed by atoms with E-state index in [1.807, 2.05) is 6.92 Å². The predicted octanol–water partition coefficient (Wildman–Crippen LogP) is 0.196. The van der Waals surface area contributed by atoms with E-state index in [2.05, 4.69) is 24.0 Å². The van der Waals surface area contributed by atoms with Crippen LogP contribution in [0.3, 0.4) is 0 Å². The third kappa shape index (κ3) is 1.31. The van der Waals surface area contributed by atoms with Crippen LogP contribution in [0.2, 0.25) is 0 Å². The second-order valence-corrected chi connectivity index (χ2v) is 3.74. The van der Waals surface area contributed by atoms with E-state index in [-0.39, 0.29) is 0 Å². The van der Waals surface area contributed by atoms with E-state index in [0.717, 1.165) is 9.40 Å². The third-order valence-corrected chi connectivity index (χ3v) is 3.12. The summed E-state index contributed by atoms with van der Waals surface area (Å²) in [6.45, 7) is 6.18. The van der Waals surface area contributed by atoms with Gasteiger partial charge in [0.2, 0.25) is 0 Å². The van der Waals surface area contributed by atoms with E-state index in [4.69, 9.17) is 0 Å². The monoisotopic (exact) mass is 241 g/mol. The Bertz CT molecular complexity index is 231. The summed E-state index contributed by atoms with van der Waals surface area (Å²) in [5.41, 5.74) is 3.62. The van der Waals surface area contributed by atoms with Crippen molar-refractivity contribution in [2.24, 2.45) is 0 Å². The van der Waals surface area contributed by atoms with E-state index in [1.165, 1.54) is 33.7 Å². The fourth-order valence-electron chi connectivity index (χ4n) is 0.724. The van der Waals surface area contributed by atoms with Gasteiger partial charge in [0.05, 0.1) is 0 Å². The molecule has 51 valence electrons. The molecule has 3 radical (unpaired) electrons. The fraction of sp³-hybridized carbons (Fsp3) is 0.429. The van der Waals surface area contributed by atoms with Crippen molar-refractivity contribution in [3.63, 3.8) is 0 Å². The molecule has 0 aromatic carbocycles. The van der Waals surface area contributed by atoms with Gasteiger partial charge in [0.1, 0.15) is 0 Å². The van der Waals surface area contributed by atoms with Crippen LogP contribution in [-0.4, -0.2) is 32.7 Å². The zero-order chi connectivity index (χ0) is 7.72. The Kier molecular flexibility index (Phi) is 2.28. The van der Waals surface area contributed by atoms with Gasteiger partial charge < -0.3 is 0 Å². The average molecular weight is 240 g/mol. The Hall–Kier alpha value is -0.121. The molecule has 0 aliphatic rings. The Morgan fingerprint density at radius 3 is 2.10 bits per heavy atom. The molecule has 10 heavy (non-hydrogen) atoms. The summed E-state index contributed by atoms with van der Waals surface area (Å²) in [6.07, 6.45) is 0. The van der Waals surface area contributed by atoms with Crippen molar-refractivity contribution in [1.82, 2.24) is 10.2 Å². The second-order valence-electron chi connectivity index (χ2n) is 2.38. The van der Waals surface area contributed by atoms with E-state index < -0.39 is 0 Å². The van der Waals surface area contributed by atoms with E-state index >= 15 is 0 Å². The van der Waals surface area contributed by atoms with Gasteiger partial charge in [0.25, 0.3) is 0 Å². The summed E-state index contributed by atoms with van der Waals surface area (Å²) in [4.78, 5) is 0. The number of hydrogen-bond donors (Lipinski definition) is 0. The molecule has 2 nitrogen and oxygen atoms in total. The van der Waals surface area contributed by atoms with Crippen LogP contribution in [0.25, 0.3) is 0 Å². The molecule has 3 heteroatoms. The number of nitrogens with zero attached hydrogens (tertiary/aromatic N) is 2. The first kappa shape index (κ1) is 7.98. The first-order valence-electron chi connectivity index (χ1n) is 3.15. The minimum atomic E-state index is 1.05. The number of aryl methyl sites for hydroxylation is 1. The summed E-state index contributed by atoms with van der Waals surface area (Å²) in [5, 5.41) is 8.04. The van der Waals surface area contributed by atoms with E-state index in [0.29, 0.717) is 0 Å². The van der Waals surface area contributed by atoms with Crippen LogP contribution in [0, 0.1) is 20.8 Å². The molecular weight excluding hydrogens is 231 g/mol. The van der Waals surface area contributed by atoms with Crippen molar-refractivity contribution in [3.8, 4) is 0 Å². The van der Waals surface area contributed by atoms with Crippen molar-refractivity contribution < 1.29 is 0 Å². The van der Waals surface area contributed by atoms with Gasteiger partial charge >= 0.3 is 74.0 Å². The number of aromatic nitrogens is 2. The molecule has 0 spiro atoms. The SMILES string of the molecule is Cc1nn[c]([Sn])c(C)c1C. The molecule has 1 aromatic rings. The van der Waals surface area contributed by atoms with E-state index in [1.54, 1.807) is 0 Å². The molecule has 0 saturated carbocycles. The summed E-state index contributed by atoms with van der Waals surface area (Å²) in [7, 11) is 0.